The van der Waals surface area contributed by atoms with Gasteiger partial charge in [0, 0.05) is 6.54 Å². The summed E-state index contributed by atoms with van der Waals surface area (Å²) >= 11 is 0. The maximum Gasteiger partial charge on any atom is 0.319 e. The molecule has 2 aromatic rings. The quantitative estimate of drug-likeness (QED) is 0.831. The second-order valence-electron chi connectivity index (χ2n) is 5.62. The Balaban J connectivity index is 1.72. The third-order valence-corrected chi connectivity index (χ3v) is 4.16. The van der Waals surface area contributed by atoms with Gasteiger partial charge >= 0.3 is 5.97 Å². The molecule has 114 valence electrons. The summed E-state index contributed by atoms with van der Waals surface area (Å²) in [6.07, 6.45) is 0.845. The number of rotatable bonds is 5. The zero-order valence-corrected chi connectivity index (χ0v) is 12.3. The van der Waals surface area contributed by atoms with E-state index >= 15 is 0 Å². The van der Waals surface area contributed by atoms with Crippen LogP contribution in [0.2, 0.25) is 0 Å². The van der Waals surface area contributed by atoms with Crippen molar-refractivity contribution in [1.82, 2.24) is 5.32 Å². The first-order valence-corrected chi connectivity index (χ1v) is 7.13. The lowest BCUT2D eigenvalue weighted by Crippen LogP contribution is -2.36. The third-order valence-electron chi connectivity index (χ3n) is 4.16. The van der Waals surface area contributed by atoms with E-state index in [1.165, 1.54) is 0 Å². The second-order valence-corrected chi connectivity index (χ2v) is 5.62. The van der Waals surface area contributed by atoms with Gasteiger partial charge in [0.2, 0.25) is 5.91 Å². The molecule has 0 radical (unpaired) electrons. The summed E-state index contributed by atoms with van der Waals surface area (Å²) in [5.74, 6) is -0.629. The minimum absolute atomic E-state index is 0.329. The number of amides is 1. The van der Waals surface area contributed by atoms with Crippen LogP contribution in [0, 0.1) is 5.41 Å². The lowest BCUT2D eigenvalue weighted by atomic mass is 10.1. The Hall–Kier alpha value is -2.56. The summed E-state index contributed by atoms with van der Waals surface area (Å²) in [5, 5.41) is 13.9. The van der Waals surface area contributed by atoms with Gasteiger partial charge in [0.25, 0.3) is 0 Å². The number of carboxylic acids is 1. The van der Waals surface area contributed by atoms with Gasteiger partial charge in [0.15, 0.2) is 0 Å². The summed E-state index contributed by atoms with van der Waals surface area (Å²) < 4.78 is 5.19. The Morgan fingerprint density at radius 3 is 2.50 bits per heavy atom. The van der Waals surface area contributed by atoms with Crippen LogP contribution in [0.4, 0.5) is 0 Å². The highest BCUT2D eigenvalue weighted by atomic mass is 16.5. The summed E-state index contributed by atoms with van der Waals surface area (Å²) in [6, 6.07) is 11.6. The molecule has 1 aliphatic rings. The highest BCUT2D eigenvalue weighted by Gasteiger charge is 2.56. The van der Waals surface area contributed by atoms with Crippen LogP contribution in [0.3, 0.4) is 0 Å². The van der Waals surface area contributed by atoms with Crippen molar-refractivity contribution in [2.75, 3.05) is 7.11 Å². The number of carbonyl (C=O) groups excluding carboxylic acids is 1. The molecule has 0 bridgehead atoms. The molecule has 1 fully saturated rings. The van der Waals surface area contributed by atoms with E-state index in [4.69, 9.17) is 9.84 Å². The van der Waals surface area contributed by atoms with E-state index in [1.54, 1.807) is 7.11 Å². The molecule has 5 nitrogen and oxygen atoms in total. The molecule has 1 saturated carbocycles. The van der Waals surface area contributed by atoms with Crippen LogP contribution in [0.5, 0.6) is 5.75 Å². The van der Waals surface area contributed by atoms with Gasteiger partial charge in [-0.05, 0) is 47.4 Å². The van der Waals surface area contributed by atoms with E-state index in [1.807, 2.05) is 36.4 Å². The van der Waals surface area contributed by atoms with Gasteiger partial charge in [0.05, 0.1) is 7.11 Å². The summed E-state index contributed by atoms with van der Waals surface area (Å²) in [5.41, 5.74) is -0.253. The van der Waals surface area contributed by atoms with Gasteiger partial charge in [-0.2, -0.15) is 0 Å². The molecule has 5 heteroatoms. The number of fused-ring (bicyclic) bond motifs is 1. The molecular weight excluding hydrogens is 282 g/mol. The number of hydrogen-bond acceptors (Lipinski definition) is 3. The lowest BCUT2D eigenvalue weighted by molar-refractivity contribution is -0.149. The highest BCUT2D eigenvalue weighted by molar-refractivity contribution is 6.04. The molecule has 2 N–H and O–H groups in total. The van der Waals surface area contributed by atoms with E-state index in [-0.39, 0.29) is 0 Å². The maximum atomic E-state index is 12.0. The SMILES string of the molecule is COc1ccc2cc(CNC(=O)C3(C(=O)O)CC3)ccc2c1. The van der Waals surface area contributed by atoms with Crippen molar-refractivity contribution >= 4 is 22.6 Å². The monoisotopic (exact) mass is 299 g/mol. The number of hydrogen-bond donors (Lipinski definition) is 2. The van der Waals surface area contributed by atoms with Gasteiger partial charge in [-0.1, -0.05) is 18.2 Å². The fourth-order valence-corrected chi connectivity index (χ4v) is 2.52. The van der Waals surface area contributed by atoms with Crippen LogP contribution < -0.4 is 10.1 Å². The van der Waals surface area contributed by atoms with Crippen LogP contribution in [0.1, 0.15) is 18.4 Å². The average molecular weight is 299 g/mol. The van der Waals surface area contributed by atoms with Crippen LogP contribution in [-0.4, -0.2) is 24.1 Å². The molecule has 0 saturated heterocycles. The minimum atomic E-state index is -1.19. The van der Waals surface area contributed by atoms with Crippen molar-refractivity contribution in [2.24, 2.45) is 5.41 Å². The van der Waals surface area contributed by atoms with E-state index < -0.39 is 17.3 Å². The van der Waals surface area contributed by atoms with Crippen LogP contribution >= 0.6 is 0 Å². The fourth-order valence-electron chi connectivity index (χ4n) is 2.52. The van der Waals surface area contributed by atoms with Crippen molar-refractivity contribution < 1.29 is 19.4 Å². The largest absolute Gasteiger partial charge is 0.497 e. The van der Waals surface area contributed by atoms with E-state index in [2.05, 4.69) is 5.32 Å². The highest BCUT2D eigenvalue weighted by Crippen LogP contribution is 2.46. The van der Waals surface area contributed by atoms with Gasteiger partial charge in [0.1, 0.15) is 11.2 Å². The number of ether oxygens (including phenoxy) is 1. The van der Waals surface area contributed by atoms with E-state index in [9.17, 15) is 9.59 Å². The normalized spacial score (nSPS) is 15.3. The van der Waals surface area contributed by atoms with E-state index in [0.717, 1.165) is 22.1 Å². The third kappa shape index (κ3) is 2.50. The first-order chi connectivity index (χ1) is 10.5. The number of carbonyl (C=O) groups is 2. The molecule has 1 amide bonds. The molecule has 0 spiro atoms. The zero-order valence-electron chi connectivity index (χ0n) is 12.3. The summed E-state index contributed by atoms with van der Waals surface area (Å²) in [4.78, 5) is 23.1. The Labute approximate surface area is 127 Å². The molecule has 0 aromatic heterocycles. The molecule has 3 rings (SSSR count). The smallest absolute Gasteiger partial charge is 0.319 e. The Morgan fingerprint density at radius 2 is 1.86 bits per heavy atom. The molecule has 0 unspecified atom stereocenters. The number of aliphatic carboxylic acids is 1. The van der Waals surface area contributed by atoms with Gasteiger partial charge in [-0.15, -0.1) is 0 Å². The standard InChI is InChI=1S/C17H17NO4/c1-22-14-5-4-12-8-11(2-3-13(12)9-14)10-18-15(19)17(6-7-17)16(20)21/h2-5,8-9H,6-7,10H2,1H3,(H,18,19)(H,20,21). The Morgan fingerprint density at radius 1 is 1.18 bits per heavy atom. The van der Waals surface area contributed by atoms with Crippen LogP contribution in [0.25, 0.3) is 10.8 Å². The fraction of sp³-hybridized carbons (Fsp3) is 0.294. The van der Waals surface area contributed by atoms with Crippen LogP contribution in [0.15, 0.2) is 36.4 Å². The van der Waals surface area contributed by atoms with Gasteiger partial charge in [-0.25, -0.2) is 0 Å². The minimum Gasteiger partial charge on any atom is -0.497 e. The van der Waals surface area contributed by atoms with Crippen molar-refractivity contribution in [3.63, 3.8) is 0 Å². The topological polar surface area (TPSA) is 75.6 Å². The first-order valence-electron chi connectivity index (χ1n) is 7.13. The zero-order chi connectivity index (χ0) is 15.7. The maximum absolute atomic E-state index is 12.0. The molecule has 22 heavy (non-hydrogen) atoms. The predicted octanol–water partition coefficient (Wildman–Crippen LogP) is 2.33. The van der Waals surface area contributed by atoms with Gasteiger partial charge in [-0.3, -0.25) is 9.59 Å². The predicted molar refractivity (Wildman–Crippen MR) is 81.6 cm³/mol. The second kappa shape index (κ2) is 5.33. The van der Waals surface area contributed by atoms with Gasteiger partial charge < -0.3 is 15.2 Å². The Kier molecular flexibility index (Phi) is 3.48. The van der Waals surface area contributed by atoms with Crippen molar-refractivity contribution in [2.45, 2.75) is 19.4 Å². The number of benzene rings is 2. The molecule has 1 aliphatic carbocycles. The van der Waals surface area contributed by atoms with Crippen molar-refractivity contribution in [3.05, 3.63) is 42.0 Å². The number of nitrogens with one attached hydrogen (secondary N) is 1. The summed E-state index contributed by atoms with van der Waals surface area (Å²) in [6.45, 7) is 0.329. The molecule has 2 aromatic carbocycles. The van der Waals surface area contributed by atoms with E-state index in [0.29, 0.717) is 19.4 Å². The number of carboxylic acid groups (broad SMARTS) is 1. The first kappa shape index (κ1) is 14.4. The molecule has 0 heterocycles. The summed E-state index contributed by atoms with van der Waals surface area (Å²) in [7, 11) is 1.63. The lowest BCUT2D eigenvalue weighted by Gasteiger charge is -2.11. The molecule has 0 atom stereocenters. The molecular formula is C17H17NO4. The van der Waals surface area contributed by atoms with Crippen LogP contribution in [-0.2, 0) is 16.1 Å². The molecule has 0 aliphatic heterocycles. The average Bonchev–Trinajstić information content (AvgIpc) is 3.33. The van der Waals surface area contributed by atoms with Crippen molar-refractivity contribution in [1.29, 1.82) is 0 Å². The number of methoxy groups -OCH3 is 1. The van der Waals surface area contributed by atoms with Crippen molar-refractivity contribution in [3.8, 4) is 5.75 Å². The Bertz CT molecular complexity index is 749.